The molecule has 3 rings (SSSR count). The van der Waals surface area contributed by atoms with Gasteiger partial charge in [0.15, 0.2) is 18.3 Å². The molecule has 0 saturated heterocycles. The second-order valence-electron chi connectivity index (χ2n) is 11.9. The van der Waals surface area contributed by atoms with Crippen molar-refractivity contribution in [2.24, 2.45) is 0 Å². The summed E-state index contributed by atoms with van der Waals surface area (Å²) in [4.78, 5) is 61.5. The lowest BCUT2D eigenvalue weighted by atomic mass is 9.93. The molecule has 0 bridgehead atoms. The van der Waals surface area contributed by atoms with Gasteiger partial charge in [-0.25, -0.2) is 4.79 Å². The summed E-state index contributed by atoms with van der Waals surface area (Å²) in [5.41, 5.74) is 0. The van der Waals surface area contributed by atoms with Crippen LogP contribution in [0.1, 0.15) is 48.5 Å². The molecule has 2 N–H and O–H groups in total. The number of hydrogen-bond acceptors (Lipinski definition) is 10. The predicted octanol–water partition coefficient (Wildman–Crippen LogP) is 2.23. The molecule has 1 aliphatic heterocycles. The Kier molecular flexibility index (Phi) is 11.9. The van der Waals surface area contributed by atoms with Crippen molar-refractivity contribution in [1.29, 1.82) is 0 Å². The molecule has 46 heavy (non-hydrogen) atoms. The topological polar surface area (TPSA) is 164 Å². The van der Waals surface area contributed by atoms with E-state index in [4.69, 9.17) is 23.4 Å². The number of carboxylic acid groups (broad SMARTS) is 1. The molecule has 1 heterocycles. The summed E-state index contributed by atoms with van der Waals surface area (Å²) in [7, 11) is -3.38. The Hall–Kier alpha value is -4.49. The van der Waals surface area contributed by atoms with Gasteiger partial charge in [0.1, 0.15) is 6.61 Å². The number of amides is 1. The highest BCUT2D eigenvalue weighted by molar-refractivity contribution is 6.99. The number of carbonyl (C=O) groups is 5. The van der Waals surface area contributed by atoms with Crippen molar-refractivity contribution in [2.75, 3.05) is 6.61 Å². The van der Waals surface area contributed by atoms with Gasteiger partial charge in [0.2, 0.25) is 11.7 Å². The average Bonchev–Trinajstić information content (AvgIpc) is 2.97. The van der Waals surface area contributed by atoms with Crippen molar-refractivity contribution in [2.45, 2.75) is 84.0 Å². The van der Waals surface area contributed by atoms with E-state index in [2.05, 4.69) is 5.32 Å². The third-order valence-corrected chi connectivity index (χ3v) is 12.4. The molecule has 0 saturated carbocycles. The zero-order chi connectivity index (χ0) is 34.2. The molecule has 0 spiro atoms. The Morgan fingerprint density at radius 1 is 0.848 bits per heavy atom. The summed E-state index contributed by atoms with van der Waals surface area (Å²) in [5, 5.41) is 14.2. The molecule has 13 heteroatoms. The highest BCUT2D eigenvalue weighted by Gasteiger charge is 2.55. The SMILES string of the molecule is CC(=O)N[C@@H]1[C@H]([C@H](OC(C)=O)[C@@H](COC(C)=O)OC(C)=O)OC(C(=O)O)=C[C@H]1O[Si](c1ccccc1)(c1ccccc1)C(C)(C)C. The summed E-state index contributed by atoms with van der Waals surface area (Å²) in [6.07, 6.45) is -4.35. The molecule has 1 aliphatic rings. The third-order valence-electron chi connectivity index (χ3n) is 7.36. The fourth-order valence-electron chi connectivity index (χ4n) is 5.65. The molecule has 12 nitrogen and oxygen atoms in total. The Morgan fingerprint density at radius 3 is 1.78 bits per heavy atom. The van der Waals surface area contributed by atoms with Gasteiger partial charge in [-0.2, -0.15) is 0 Å². The van der Waals surface area contributed by atoms with E-state index >= 15 is 0 Å². The molecule has 0 fully saturated rings. The molecule has 2 aromatic rings. The van der Waals surface area contributed by atoms with Crippen LogP contribution >= 0.6 is 0 Å². The molecule has 0 unspecified atom stereocenters. The van der Waals surface area contributed by atoms with Crippen molar-refractivity contribution in [3.63, 3.8) is 0 Å². The molecule has 1 amide bonds. The normalized spacial score (nSPS) is 19.4. The van der Waals surface area contributed by atoms with Gasteiger partial charge in [-0.15, -0.1) is 0 Å². The third kappa shape index (κ3) is 8.61. The zero-order valence-electron chi connectivity index (χ0n) is 27.0. The molecule has 5 atom stereocenters. The number of ether oxygens (including phenoxy) is 4. The standard InChI is InChI=1S/C33H41NO11Si/c1-20(35)34-29-26(45-46(33(5,6)7,24-14-10-8-11-15-24)25-16-12-9-13-17-25)18-27(32(39)40)44-31(29)30(43-23(4)38)28(42-22(3)37)19-41-21(2)36/h8-18,26,28-31H,19H2,1-7H3,(H,34,35)(H,39,40)/t26-,28-,29+,30-,31-/m1/s1. The first-order chi connectivity index (χ1) is 21.6. The van der Waals surface area contributed by atoms with Crippen LogP contribution in [-0.2, 0) is 47.3 Å². The van der Waals surface area contributed by atoms with Crippen molar-refractivity contribution in [3.8, 4) is 0 Å². The molecular formula is C33H41NO11Si. The summed E-state index contributed by atoms with van der Waals surface area (Å²) in [6, 6.07) is 18.0. The second kappa shape index (κ2) is 15.2. The smallest absolute Gasteiger partial charge is 0.370 e. The van der Waals surface area contributed by atoms with E-state index in [0.717, 1.165) is 31.1 Å². The minimum absolute atomic E-state index is 0.521. The monoisotopic (exact) mass is 655 g/mol. The van der Waals surface area contributed by atoms with E-state index in [1.807, 2.05) is 81.4 Å². The van der Waals surface area contributed by atoms with Crippen LogP contribution in [0.4, 0.5) is 0 Å². The second-order valence-corrected chi connectivity index (χ2v) is 16.2. The van der Waals surface area contributed by atoms with E-state index in [0.29, 0.717) is 0 Å². The van der Waals surface area contributed by atoms with E-state index in [9.17, 15) is 29.1 Å². The Morgan fingerprint density at radius 2 is 1.37 bits per heavy atom. The first-order valence-electron chi connectivity index (χ1n) is 14.7. The molecule has 0 aliphatic carbocycles. The minimum Gasteiger partial charge on any atom is -0.477 e. The lowest BCUT2D eigenvalue weighted by Crippen LogP contribution is -2.71. The van der Waals surface area contributed by atoms with Gasteiger partial charge in [-0.05, 0) is 21.5 Å². The van der Waals surface area contributed by atoms with Crippen LogP contribution < -0.4 is 15.7 Å². The maximum absolute atomic E-state index is 12.7. The van der Waals surface area contributed by atoms with Gasteiger partial charge in [0.25, 0.3) is 8.32 Å². The highest BCUT2D eigenvalue weighted by atomic mass is 28.4. The molecule has 0 aromatic heterocycles. The number of hydrogen-bond donors (Lipinski definition) is 2. The van der Waals surface area contributed by atoms with Crippen LogP contribution in [0.2, 0.25) is 5.04 Å². The molecular weight excluding hydrogens is 614 g/mol. The maximum atomic E-state index is 12.7. The molecule has 0 radical (unpaired) electrons. The molecule has 248 valence electrons. The minimum atomic E-state index is -3.38. The number of aliphatic carboxylic acids is 1. The van der Waals surface area contributed by atoms with Crippen molar-refractivity contribution in [1.82, 2.24) is 5.32 Å². The van der Waals surface area contributed by atoms with Gasteiger partial charge in [-0.3, -0.25) is 19.2 Å². The van der Waals surface area contributed by atoms with Crippen LogP contribution in [-0.4, -0.2) is 80.3 Å². The Labute approximate surface area is 269 Å². The van der Waals surface area contributed by atoms with E-state index in [-0.39, 0.29) is 0 Å². The van der Waals surface area contributed by atoms with Crippen LogP contribution in [0, 0.1) is 0 Å². The number of carbonyl (C=O) groups excluding carboxylic acids is 4. The predicted molar refractivity (Wildman–Crippen MR) is 168 cm³/mol. The number of rotatable bonds is 12. The van der Waals surface area contributed by atoms with E-state index in [1.54, 1.807) is 0 Å². The Bertz CT molecular complexity index is 1400. The first-order valence-corrected chi connectivity index (χ1v) is 16.6. The van der Waals surface area contributed by atoms with Crippen molar-refractivity contribution < 1.29 is 52.5 Å². The Balaban J connectivity index is 2.31. The first kappa shape index (κ1) is 36.0. The van der Waals surface area contributed by atoms with Gasteiger partial charge < -0.3 is 33.8 Å². The van der Waals surface area contributed by atoms with Gasteiger partial charge in [0, 0.05) is 27.7 Å². The van der Waals surface area contributed by atoms with E-state index in [1.165, 1.54) is 13.0 Å². The average molecular weight is 656 g/mol. The lowest BCUT2D eigenvalue weighted by Gasteiger charge is -2.48. The van der Waals surface area contributed by atoms with Crippen molar-refractivity contribution in [3.05, 3.63) is 72.5 Å². The van der Waals surface area contributed by atoms with Crippen molar-refractivity contribution >= 4 is 48.5 Å². The number of nitrogens with one attached hydrogen (secondary N) is 1. The fourth-order valence-corrected chi connectivity index (χ4v) is 10.3. The van der Waals surface area contributed by atoms with Gasteiger partial charge in [0.05, 0.1) is 12.1 Å². The maximum Gasteiger partial charge on any atom is 0.370 e. The summed E-state index contributed by atoms with van der Waals surface area (Å²) >= 11 is 0. The van der Waals surface area contributed by atoms with Crippen LogP contribution in [0.5, 0.6) is 0 Å². The van der Waals surface area contributed by atoms with Crippen LogP contribution in [0.3, 0.4) is 0 Å². The molecule has 2 aromatic carbocycles. The number of carboxylic acids is 1. The fraction of sp³-hybridized carbons (Fsp3) is 0.424. The lowest BCUT2D eigenvalue weighted by molar-refractivity contribution is -0.189. The largest absolute Gasteiger partial charge is 0.477 e. The zero-order valence-corrected chi connectivity index (χ0v) is 28.0. The summed E-state index contributed by atoms with van der Waals surface area (Å²) < 4.78 is 29.2. The number of esters is 3. The van der Waals surface area contributed by atoms with Crippen LogP contribution in [0.25, 0.3) is 0 Å². The summed E-state index contributed by atoms with van der Waals surface area (Å²) in [5.74, 6) is -4.84. The highest BCUT2D eigenvalue weighted by Crippen LogP contribution is 2.39. The van der Waals surface area contributed by atoms with Gasteiger partial charge in [-0.1, -0.05) is 81.4 Å². The van der Waals surface area contributed by atoms with E-state index < -0.39 is 86.0 Å². The number of benzene rings is 2. The quantitative estimate of drug-likeness (QED) is 0.196. The van der Waals surface area contributed by atoms with Crippen LogP contribution in [0.15, 0.2) is 72.5 Å². The van der Waals surface area contributed by atoms with Gasteiger partial charge >= 0.3 is 23.9 Å². The summed E-state index contributed by atoms with van der Waals surface area (Å²) in [6.45, 7) is 10.2.